The Morgan fingerprint density at radius 1 is 0.757 bits per heavy atom. The number of nitrogens with zero attached hydrogens (tertiary/aromatic N) is 3. The van der Waals surface area contributed by atoms with E-state index in [-0.39, 0.29) is 6.61 Å². The average Bonchev–Trinajstić information content (AvgIpc) is 3.10. The van der Waals surface area contributed by atoms with Crippen molar-refractivity contribution in [1.29, 1.82) is 0 Å². The maximum Gasteiger partial charge on any atom is 0.213 e. The van der Waals surface area contributed by atoms with Gasteiger partial charge >= 0.3 is 0 Å². The number of fused-ring (bicyclic) bond motifs is 3. The first kappa shape index (κ1) is 24.1. The van der Waals surface area contributed by atoms with Crippen LogP contribution in [0.1, 0.15) is 28.2 Å². The number of pyridine rings is 1. The lowest BCUT2D eigenvalue weighted by Gasteiger charge is -2.37. The van der Waals surface area contributed by atoms with Crippen LogP contribution < -0.4 is 4.74 Å². The molecule has 4 aromatic rings. The molecule has 5 heteroatoms. The predicted octanol–water partition coefficient (Wildman–Crippen LogP) is 4.52. The fourth-order valence-corrected chi connectivity index (χ4v) is 5.91. The minimum absolute atomic E-state index is 0.251. The summed E-state index contributed by atoms with van der Waals surface area (Å²) in [5.41, 5.74) is 6.87. The quantitative estimate of drug-likeness (QED) is 0.410. The number of aliphatic hydroxyl groups excluding tert-OH is 1. The highest BCUT2D eigenvalue weighted by Gasteiger charge is 2.27. The summed E-state index contributed by atoms with van der Waals surface area (Å²) < 4.78 is 5.82. The lowest BCUT2D eigenvalue weighted by molar-refractivity contribution is 0.0445. The SMILES string of the molecule is OC(COc1ccc2ccccc2n1)CN1CCN(CC2c3ccccc3CCc3ccccc32)CC1. The molecule has 0 bridgehead atoms. The fourth-order valence-electron chi connectivity index (χ4n) is 5.91. The molecule has 2 aliphatic rings. The largest absolute Gasteiger partial charge is 0.475 e. The Morgan fingerprint density at radius 3 is 2.11 bits per heavy atom. The van der Waals surface area contributed by atoms with E-state index < -0.39 is 6.10 Å². The van der Waals surface area contributed by atoms with E-state index in [9.17, 15) is 5.11 Å². The number of β-amino-alcohol motifs (C(OH)–C–C–N with tert-alkyl or cyclic N) is 1. The Balaban J connectivity index is 1.03. The molecule has 0 spiro atoms. The normalized spacial score (nSPS) is 17.6. The number of aromatic nitrogens is 1. The molecule has 1 aliphatic carbocycles. The van der Waals surface area contributed by atoms with E-state index >= 15 is 0 Å². The number of aliphatic hydroxyl groups is 1. The second-order valence-corrected chi connectivity index (χ2v) is 10.4. The fraction of sp³-hybridized carbons (Fsp3) is 0.344. The molecular weight excluding hydrogens is 458 g/mol. The summed E-state index contributed by atoms with van der Waals surface area (Å²) >= 11 is 0. The van der Waals surface area contributed by atoms with E-state index in [0.29, 0.717) is 18.3 Å². The van der Waals surface area contributed by atoms with E-state index in [2.05, 4.69) is 63.3 Å². The molecule has 1 aliphatic heterocycles. The molecular formula is C32H35N3O2. The molecule has 1 atom stereocenters. The standard InChI is InChI=1S/C32H35N3O2/c36-27(23-37-32-16-15-26-9-3-6-12-31(26)33-32)21-34-17-19-35(20-18-34)22-30-28-10-4-1-7-24(28)13-14-25-8-2-5-11-29(25)30/h1-12,15-16,27,30,36H,13-14,17-23H2. The maximum atomic E-state index is 10.6. The van der Waals surface area contributed by atoms with E-state index in [1.54, 1.807) is 0 Å². The van der Waals surface area contributed by atoms with Crippen molar-refractivity contribution in [2.24, 2.45) is 0 Å². The van der Waals surface area contributed by atoms with Crippen molar-refractivity contribution < 1.29 is 9.84 Å². The second kappa shape index (κ2) is 11.0. The van der Waals surface area contributed by atoms with E-state index in [1.165, 1.54) is 22.3 Å². The molecule has 190 valence electrons. The van der Waals surface area contributed by atoms with E-state index in [0.717, 1.165) is 56.5 Å². The molecule has 1 fully saturated rings. The molecule has 3 aromatic carbocycles. The van der Waals surface area contributed by atoms with Crippen molar-refractivity contribution in [2.45, 2.75) is 24.9 Å². The summed E-state index contributed by atoms with van der Waals surface area (Å²) in [5, 5.41) is 11.7. The third kappa shape index (κ3) is 5.54. The first-order valence-corrected chi connectivity index (χ1v) is 13.5. The predicted molar refractivity (Wildman–Crippen MR) is 148 cm³/mol. The van der Waals surface area contributed by atoms with Crippen molar-refractivity contribution >= 4 is 10.9 Å². The van der Waals surface area contributed by atoms with Gasteiger partial charge in [-0.2, -0.15) is 0 Å². The van der Waals surface area contributed by atoms with Gasteiger partial charge in [0.2, 0.25) is 5.88 Å². The molecule has 0 radical (unpaired) electrons. The van der Waals surface area contributed by atoms with Crippen LogP contribution in [-0.2, 0) is 12.8 Å². The minimum atomic E-state index is -0.541. The number of aryl methyl sites for hydroxylation is 2. The molecule has 1 N–H and O–H groups in total. The Morgan fingerprint density at radius 2 is 1.38 bits per heavy atom. The zero-order valence-electron chi connectivity index (χ0n) is 21.3. The van der Waals surface area contributed by atoms with Crippen LogP contribution in [0.4, 0.5) is 0 Å². The number of ether oxygens (including phenoxy) is 1. The van der Waals surface area contributed by atoms with Crippen LogP contribution in [0.5, 0.6) is 5.88 Å². The molecule has 6 rings (SSSR count). The van der Waals surface area contributed by atoms with Crippen molar-refractivity contribution in [1.82, 2.24) is 14.8 Å². The van der Waals surface area contributed by atoms with Gasteiger partial charge in [-0.1, -0.05) is 66.7 Å². The van der Waals surface area contributed by atoms with Crippen LogP contribution in [0.15, 0.2) is 84.9 Å². The highest BCUT2D eigenvalue weighted by Crippen LogP contribution is 2.35. The van der Waals surface area contributed by atoms with Crippen molar-refractivity contribution in [3.8, 4) is 5.88 Å². The molecule has 0 amide bonds. The Hall–Kier alpha value is -3.25. The van der Waals surface area contributed by atoms with E-state index in [1.807, 2.05) is 36.4 Å². The molecule has 1 aromatic heterocycles. The van der Waals surface area contributed by atoms with Crippen molar-refractivity contribution in [3.05, 3.63) is 107 Å². The van der Waals surface area contributed by atoms with Crippen LogP contribution in [0.25, 0.3) is 10.9 Å². The van der Waals surface area contributed by atoms with Gasteiger partial charge in [0.1, 0.15) is 12.7 Å². The molecule has 5 nitrogen and oxygen atoms in total. The topological polar surface area (TPSA) is 48.8 Å². The van der Waals surface area contributed by atoms with Crippen LogP contribution in [0.3, 0.4) is 0 Å². The Kier molecular flexibility index (Phi) is 7.18. The number of para-hydroxylation sites is 1. The molecule has 2 heterocycles. The van der Waals surface area contributed by atoms with Crippen LogP contribution in [-0.4, -0.2) is 71.9 Å². The van der Waals surface area contributed by atoms with Gasteiger partial charge in [0.25, 0.3) is 0 Å². The first-order valence-electron chi connectivity index (χ1n) is 13.5. The summed E-state index contributed by atoms with van der Waals surface area (Å²) in [7, 11) is 0. The monoisotopic (exact) mass is 493 g/mol. The van der Waals surface area contributed by atoms with Gasteiger partial charge in [-0.05, 0) is 47.2 Å². The van der Waals surface area contributed by atoms with Crippen LogP contribution in [0, 0.1) is 0 Å². The second-order valence-electron chi connectivity index (χ2n) is 10.4. The van der Waals surface area contributed by atoms with E-state index in [4.69, 9.17) is 4.74 Å². The summed E-state index contributed by atoms with van der Waals surface area (Å²) in [6.45, 7) is 5.86. The number of hydrogen-bond donors (Lipinski definition) is 1. The third-order valence-electron chi connectivity index (χ3n) is 7.90. The summed E-state index contributed by atoms with van der Waals surface area (Å²) in [6, 6.07) is 29.9. The van der Waals surface area contributed by atoms with Gasteiger partial charge in [0, 0.05) is 56.6 Å². The molecule has 1 saturated heterocycles. The van der Waals surface area contributed by atoms with Gasteiger partial charge in [-0.15, -0.1) is 0 Å². The Labute approximate surface area is 219 Å². The number of piperazine rings is 1. The maximum absolute atomic E-state index is 10.6. The van der Waals surface area contributed by atoms with Crippen molar-refractivity contribution in [2.75, 3.05) is 45.9 Å². The smallest absolute Gasteiger partial charge is 0.213 e. The number of hydrogen-bond acceptors (Lipinski definition) is 5. The molecule has 1 unspecified atom stereocenters. The van der Waals surface area contributed by atoms with Crippen LogP contribution in [0.2, 0.25) is 0 Å². The lowest BCUT2D eigenvalue weighted by Crippen LogP contribution is -2.50. The van der Waals surface area contributed by atoms with Gasteiger partial charge in [0.15, 0.2) is 0 Å². The zero-order chi connectivity index (χ0) is 25.0. The molecule has 0 saturated carbocycles. The average molecular weight is 494 g/mol. The third-order valence-corrected chi connectivity index (χ3v) is 7.90. The zero-order valence-corrected chi connectivity index (χ0v) is 21.3. The van der Waals surface area contributed by atoms with Gasteiger partial charge < -0.3 is 9.84 Å². The molecule has 37 heavy (non-hydrogen) atoms. The van der Waals surface area contributed by atoms with Gasteiger partial charge in [0.05, 0.1) is 5.52 Å². The van der Waals surface area contributed by atoms with Gasteiger partial charge in [-0.25, -0.2) is 4.98 Å². The number of benzene rings is 3. The van der Waals surface area contributed by atoms with Crippen molar-refractivity contribution in [3.63, 3.8) is 0 Å². The minimum Gasteiger partial charge on any atom is -0.475 e. The first-order chi connectivity index (χ1) is 18.2. The highest BCUT2D eigenvalue weighted by molar-refractivity contribution is 5.78. The van der Waals surface area contributed by atoms with Gasteiger partial charge in [-0.3, -0.25) is 9.80 Å². The number of rotatable bonds is 7. The lowest BCUT2D eigenvalue weighted by atomic mass is 9.87. The summed E-state index contributed by atoms with van der Waals surface area (Å²) in [5.74, 6) is 0.974. The summed E-state index contributed by atoms with van der Waals surface area (Å²) in [6.07, 6.45) is 1.69. The Bertz CT molecular complexity index is 1300. The summed E-state index contributed by atoms with van der Waals surface area (Å²) in [4.78, 5) is 9.50. The van der Waals surface area contributed by atoms with Crippen LogP contribution >= 0.6 is 0 Å². The highest BCUT2D eigenvalue weighted by atomic mass is 16.5.